The number of hydrogen-bond donors (Lipinski definition) is 0. The first-order chi connectivity index (χ1) is 10.7. The van der Waals surface area contributed by atoms with Gasteiger partial charge in [-0.3, -0.25) is 9.69 Å². The van der Waals surface area contributed by atoms with Gasteiger partial charge in [0.25, 0.3) is 0 Å². The minimum atomic E-state index is 0.0870. The lowest BCUT2D eigenvalue weighted by Crippen LogP contribution is -2.34. The zero-order valence-corrected chi connectivity index (χ0v) is 13.3. The Morgan fingerprint density at radius 3 is 2.73 bits per heavy atom. The second kappa shape index (κ2) is 6.51. The summed E-state index contributed by atoms with van der Waals surface area (Å²) in [5.74, 6) is 0.675. The van der Waals surface area contributed by atoms with Gasteiger partial charge in [0.05, 0.1) is 18.7 Å². The lowest BCUT2D eigenvalue weighted by atomic mass is 9.99. The zero-order valence-electron chi connectivity index (χ0n) is 12.5. The van der Waals surface area contributed by atoms with Gasteiger partial charge in [0.15, 0.2) is 5.78 Å². The lowest BCUT2D eigenvalue weighted by molar-refractivity contribution is 0.0921. The Morgan fingerprint density at radius 1 is 1.23 bits per heavy atom. The van der Waals surface area contributed by atoms with E-state index in [2.05, 4.69) is 23.1 Å². The molecular formula is C18H18ClNO2. The maximum absolute atomic E-state index is 12.4. The molecule has 114 valence electrons. The number of carbonyl (C=O) groups excluding carboxylic acids is 1. The second-order valence-electron chi connectivity index (χ2n) is 5.50. The molecule has 3 rings (SSSR count). The third-order valence-corrected chi connectivity index (χ3v) is 4.35. The normalized spacial score (nSPS) is 14.5. The molecule has 0 N–H and O–H groups in total. The molecule has 0 spiro atoms. The largest absolute Gasteiger partial charge is 0.495 e. The topological polar surface area (TPSA) is 29.5 Å². The summed E-state index contributed by atoms with van der Waals surface area (Å²) < 4.78 is 5.12. The third kappa shape index (κ3) is 3.16. The molecule has 1 heterocycles. The van der Waals surface area contributed by atoms with Crippen LogP contribution in [0.2, 0.25) is 5.02 Å². The van der Waals surface area contributed by atoms with Crippen molar-refractivity contribution in [3.05, 3.63) is 64.2 Å². The van der Waals surface area contributed by atoms with Crippen LogP contribution in [0.15, 0.2) is 42.5 Å². The number of fused-ring (bicyclic) bond motifs is 1. The van der Waals surface area contributed by atoms with Gasteiger partial charge in [0.2, 0.25) is 0 Å². The van der Waals surface area contributed by atoms with E-state index in [1.165, 1.54) is 11.1 Å². The number of methoxy groups -OCH3 is 1. The van der Waals surface area contributed by atoms with E-state index in [0.717, 1.165) is 19.5 Å². The predicted molar refractivity (Wildman–Crippen MR) is 87.8 cm³/mol. The first-order valence-electron chi connectivity index (χ1n) is 7.33. The summed E-state index contributed by atoms with van der Waals surface area (Å²) >= 11 is 6.09. The molecule has 0 radical (unpaired) electrons. The fraction of sp³-hybridized carbons (Fsp3) is 0.278. The average Bonchev–Trinajstić information content (AvgIpc) is 2.54. The van der Waals surface area contributed by atoms with E-state index in [0.29, 0.717) is 22.9 Å². The summed E-state index contributed by atoms with van der Waals surface area (Å²) in [6.07, 6.45) is 0.993. The van der Waals surface area contributed by atoms with E-state index in [4.69, 9.17) is 16.3 Å². The summed E-state index contributed by atoms with van der Waals surface area (Å²) in [7, 11) is 1.56. The number of hydrogen-bond acceptors (Lipinski definition) is 3. The first-order valence-corrected chi connectivity index (χ1v) is 7.71. The van der Waals surface area contributed by atoms with E-state index < -0.39 is 0 Å². The monoisotopic (exact) mass is 315 g/mol. The van der Waals surface area contributed by atoms with Crippen LogP contribution in [-0.4, -0.2) is 30.9 Å². The van der Waals surface area contributed by atoms with Gasteiger partial charge in [-0.25, -0.2) is 0 Å². The Kier molecular flexibility index (Phi) is 4.46. The van der Waals surface area contributed by atoms with Crippen LogP contribution >= 0.6 is 11.6 Å². The van der Waals surface area contributed by atoms with Crippen LogP contribution in [0, 0.1) is 0 Å². The number of halogens is 1. The van der Waals surface area contributed by atoms with Crippen LogP contribution in [0.1, 0.15) is 21.5 Å². The zero-order chi connectivity index (χ0) is 15.5. The summed E-state index contributed by atoms with van der Waals surface area (Å²) in [6, 6.07) is 13.6. The number of Topliss-reactive ketones (excluding diaryl/α,β-unsaturated/α-hetero) is 1. The molecule has 4 heteroatoms. The number of benzene rings is 2. The van der Waals surface area contributed by atoms with Crippen LogP contribution in [0.3, 0.4) is 0 Å². The molecule has 2 aromatic rings. The average molecular weight is 316 g/mol. The second-order valence-corrected chi connectivity index (χ2v) is 5.91. The van der Waals surface area contributed by atoms with Gasteiger partial charge in [0.1, 0.15) is 5.75 Å². The number of rotatable bonds is 4. The van der Waals surface area contributed by atoms with Gasteiger partial charge in [-0.05, 0) is 35.7 Å². The predicted octanol–water partition coefficient (Wildman–Crippen LogP) is 3.59. The van der Waals surface area contributed by atoms with Crippen molar-refractivity contribution in [2.24, 2.45) is 0 Å². The van der Waals surface area contributed by atoms with Crippen molar-refractivity contribution in [2.75, 3.05) is 20.2 Å². The minimum Gasteiger partial charge on any atom is -0.495 e. The molecular weight excluding hydrogens is 298 g/mol. The Labute approximate surface area is 135 Å². The number of nitrogens with zero attached hydrogens (tertiary/aromatic N) is 1. The highest BCUT2D eigenvalue weighted by Gasteiger charge is 2.19. The van der Waals surface area contributed by atoms with Gasteiger partial charge >= 0.3 is 0 Å². The highest BCUT2D eigenvalue weighted by atomic mass is 35.5. The van der Waals surface area contributed by atoms with Crippen molar-refractivity contribution in [3.63, 3.8) is 0 Å². The van der Waals surface area contributed by atoms with Crippen LogP contribution in [0.5, 0.6) is 5.75 Å². The van der Waals surface area contributed by atoms with Crippen molar-refractivity contribution >= 4 is 17.4 Å². The Morgan fingerprint density at radius 2 is 2.00 bits per heavy atom. The molecule has 0 atom stereocenters. The molecule has 1 aliphatic rings. The first kappa shape index (κ1) is 15.1. The molecule has 0 saturated heterocycles. The van der Waals surface area contributed by atoms with E-state index in [1.807, 2.05) is 6.07 Å². The minimum absolute atomic E-state index is 0.0870. The van der Waals surface area contributed by atoms with Crippen molar-refractivity contribution in [1.82, 2.24) is 4.90 Å². The maximum Gasteiger partial charge on any atom is 0.176 e. The number of ketones is 1. The van der Waals surface area contributed by atoms with E-state index >= 15 is 0 Å². The van der Waals surface area contributed by atoms with E-state index in [1.54, 1.807) is 25.3 Å². The molecule has 22 heavy (non-hydrogen) atoms. The highest BCUT2D eigenvalue weighted by Crippen LogP contribution is 2.25. The SMILES string of the molecule is COc1ccc(C(=O)CN2CCc3ccccc3C2)cc1Cl. The van der Waals surface area contributed by atoms with Gasteiger partial charge in [0, 0.05) is 18.7 Å². The van der Waals surface area contributed by atoms with Crippen LogP contribution < -0.4 is 4.74 Å². The van der Waals surface area contributed by atoms with Crippen LogP contribution in [-0.2, 0) is 13.0 Å². The molecule has 0 unspecified atom stereocenters. The fourth-order valence-corrected chi connectivity index (χ4v) is 3.08. The van der Waals surface area contributed by atoms with Gasteiger partial charge in [-0.15, -0.1) is 0 Å². The summed E-state index contributed by atoms with van der Waals surface area (Å²) in [5.41, 5.74) is 3.33. The highest BCUT2D eigenvalue weighted by molar-refractivity contribution is 6.32. The molecule has 0 bridgehead atoms. The molecule has 0 fully saturated rings. The van der Waals surface area contributed by atoms with Crippen molar-refractivity contribution in [1.29, 1.82) is 0 Å². The quantitative estimate of drug-likeness (QED) is 0.808. The Bertz CT molecular complexity index is 699. The van der Waals surface area contributed by atoms with Crippen molar-refractivity contribution in [2.45, 2.75) is 13.0 Å². The smallest absolute Gasteiger partial charge is 0.176 e. The van der Waals surface area contributed by atoms with E-state index in [-0.39, 0.29) is 5.78 Å². The van der Waals surface area contributed by atoms with Crippen LogP contribution in [0.25, 0.3) is 0 Å². The number of ether oxygens (including phenoxy) is 1. The summed E-state index contributed by atoms with van der Waals surface area (Å²) in [5, 5.41) is 0.470. The molecule has 0 aromatic heterocycles. The molecule has 2 aromatic carbocycles. The van der Waals surface area contributed by atoms with Crippen molar-refractivity contribution < 1.29 is 9.53 Å². The Balaban J connectivity index is 1.69. The van der Waals surface area contributed by atoms with Crippen molar-refractivity contribution in [3.8, 4) is 5.75 Å². The standard InChI is InChI=1S/C18H18ClNO2/c1-22-18-7-6-14(10-16(18)19)17(21)12-20-9-8-13-4-2-3-5-15(13)11-20/h2-7,10H,8-9,11-12H2,1H3. The molecule has 3 nitrogen and oxygen atoms in total. The molecule has 1 aliphatic heterocycles. The fourth-order valence-electron chi connectivity index (χ4n) is 2.82. The van der Waals surface area contributed by atoms with Crippen LogP contribution in [0.4, 0.5) is 0 Å². The summed E-state index contributed by atoms with van der Waals surface area (Å²) in [4.78, 5) is 14.6. The number of carbonyl (C=O) groups is 1. The lowest BCUT2D eigenvalue weighted by Gasteiger charge is -2.28. The molecule has 0 amide bonds. The molecule has 0 saturated carbocycles. The summed E-state index contributed by atoms with van der Waals surface area (Å²) in [6.45, 7) is 2.15. The Hall–Kier alpha value is -1.84. The maximum atomic E-state index is 12.4. The van der Waals surface area contributed by atoms with E-state index in [9.17, 15) is 4.79 Å². The van der Waals surface area contributed by atoms with Gasteiger partial charge < -0.3 is 4.74 Å². The third-order valence-electron chi connectivity index (χ3n) is 4.05. The van der Waals surface area contributed by atoms with Gasteiger partial charge in [-0.1, -0.05) is 35.9 Å². The van der Waals surface area contributed by atoms with Gasteiger partial charge in [-0.2, -0.15) is 0 Å². The molecule has 0 aliphatic carbocycles.